The SMILES string of the molecule is C.C[C-](C)C.[Li+].[Li+].[Li+].[c-]1ccccc1Oc1[c-]cccc1.c1ccc(Oc2ccccc2)cc1.c1ccc([SiH]2c3ccccc3Oc3ccccc32)cc1. The fourth-order valence-electron chi connectivity index (χ4n) is 5.03. The first-order valence-electron chi connectivity index (χ1n) is 16.6. The molecule has 3 nitrogen and oxygen atoms in total. The Kier molecular flexibility index (Phi) is 23.7. The van der Waals surface area contributed by atoms with Crippen molar-refractivity contribution in [1.29, 1.82) is 0 Å². The average Bonchev–Trinajstić information content (AvgIpc) is 3.16. The molecule has 0 radical (unpaired) electrons. The Morgan fingerprint density at radius 1 is 0.444 bits per heavy atom. The van der Waals surface area contributed by atoms with Gasteiger partial charge in [-0.2, -0.15) is 57.2 Å². The average molecular weight is 707 g/mol. The number of benzene rings is 7. The Morgan fingerprint density at radius 2 is 0.796 bits per heavy atom. The molecular formula is C47H45Li3O3Si. The molecule has 0 bridgehead atoms. The van der Waals surface area contributed by atoms with Crippen LogP contribution in [0.2, 0.25) is 0 Å². The van der Waals surface area contributed by atoms with Crippen LogP contribution in [0.3, 0.4) is 0 Å². The predicted octanol–water partition coefficient (Wildman–Crippen LogP) is 1.87. The van der Waals surface area contributed by atoms with E-state index < -0.39 is 8.80 Å². The van der Waals surface area contributed by atoms with Gasteiger partial charge in [0, 0.05) is 11.5 Å². The van der Waals surface area contributed by atoms with Crippen molar-refractivity contribution in [2.75, 3.05) is 0 Å². The van der Waals surface area contributed by atoms with Gasteiger partial charge in [-0.3, -0.25) is 0 Å². The molecule has 0 saturated carbocycles. The van der Waals surface area contributed by atoms with Crippen LogP contribution in [0.4, 0.5) is 0 Å². The molecule has 1 aliphatic heterocycles. The maximum atomic E-state index is 6.06. The molecule has 0 atom stereocenters. The van der Waals surface area contributed by atoms with Crippen LogP contribution < -0.4 is 86.4 Å². The van der Waals surface area contributed by atoms with Crippen molar-refractivity contribution >= 4 is 24.4 Å². The summed E-state index contributed by atoms with van der Waals surface area (Å²) in [4.78, 5) is 0. The fraction of sp³-hybridized carbons (Fsp3) is 0.0851. The van der Waals surface area contributed by atoms with Gasteiger partial charge in [-0.15, -0.1) is 24.3 Å². The molecule has 258 valence electrons. The summed E-state index contributed by atoms with van der Waals surface area (Å²) < 4.78 is 17.1. The molecule has 0 aromatic heterocycles. The Balaban J connectivity index is 0.000000383. The van der Waals surface area contributed by atoms with E-state index in [2.05, 4.69) is 99.6 Å². The zero-order valence-corrected chi connectivity index (χ0v) is 32.9. The first-order chi connectivity index (χ1) is 24.6. The summed E-state index contributed by atoms with van der Waals surface area (Å²) in [6, 6.07) is 68.2. The minimum atomic E-state index is -1.40. The van der Waals surface area contributed by atoms with Gasteiger partial charge in [0.25, 0.3) is 0 Å². The summed E-state index contributed by atoms with van der Waals surface area (Å²) in [6.07, 6.45) is 0. The Bertz CT molecular complexity index is 1770. The van der Waals surface area contributed by atoms with Crippen molar-refractivity contribution in [2.45, 2.75) is 28.2 Å². The summed E-state index contributed by atoms with van der Waals surface area (Å²) >= 11 is 0. The van der Waals surface area contributed by atoms with Crippen LogP contribution in [0.1, 0.15) is 28.2 Å². The van der Waals surface area contributed by atoms with Gasteiger partial charge in [-0.05, 0) is 46.8 Å². The van der Waals surface area contributed by atoms with Gasteiger partial charge in [-0.1, -0.05) is 116 Å². The molecule has 0 spiro atoms. The Hall–Kier alpha value is -4.05. The van der Waals surface area contributed by atoms with E-state index in [1.165, 1.54) is 21.5 Å². The molecular weight excluding hydrogens is 661 g/mol. The normalized spacial score (nSPS) is 10.1. The number of rotatable bonds is 5. The van der Waals surface area contributed by atoms with Gasteiger partial charge < -0.3 is 20.1 Å². The molecule has 0 N–H and O–H groups in total. The van der Waals surface area contributed by atoms with Gasteiger partial charge in [0.1, 0.15) is 31.8 Å². The molecule has 0 fully saturated rings. The van der Waals surface area contributed by atoms with Crippen molar-refractivity contribution in [3.63, 3.8) is 0 Å². The summed E-state index contributed by atoms with van der Waals surface area (Å²) in [5.74, 6) is 6.62. The van der Waals surface area contributed by atoms with E-state index >= 15 is 0 Å². The molecule has 7 heteroatoms. The van der Waals surface area contributed by atoms with E-state index in [4.69, 9.17) is 14.2 Å². The van der Waals surface area contributed by atoms with Crippen molar-refractivity contribution < 1.29 is 70.8 Å². The topological polar surface area (TPSA) is 27.7 Å². The second kappa shape index (κ2) is 26.7. The maximum absolute atomic E-state index is 6.06. The summed E-state index contributed by atoms with van der Waals surface area (Å²) in [6.45, 7) is 6.25. The molecule has 0 unspecified atom stereocenters. The van der Waals surface area contributed by atoms with Crippen LogP contribution in [0.25, 0.3) is 0 Å². The van der Waals surface area contributed by atoms with Crippen molar-refractivity contribution in [3.8, 4) is 34.5 Å². The minimum Gasteiger partial charge on any atom is -0.509 e. The van der Waals surface area contributed by atoms with E-state index in [9.17, 15) is 0 Å². The summed E-state index contributed by atoms with van der Waals surface area (Å²) in [7, 11) is -1.40. The smallest absolute Gasteiger partial charge is 0.509 e. The van der Waals surface area contributed by atoms with Crippen LogP contribution in [0, 0.1) is 18.1 Å². The van der Waals surface area contributed by atoms with Crippen LogP contribution in [-0.4, -0.2) is 8.80 Å². The first-order valence-corrected chi connectivity index (χ1v) is 18.4. The third kappa shape index (κ3) is 15.7. The third-order valence-electron chi connectivity index (χ3n) is 7.12. The molecule has 0 aliphatic carbocycles. The Labute approximate surface area is 361 Å². The van der Waals surface area contributed by atoms with Crippen LogP contribution in [0.15, 0.2) is 188 Å². The largest absolute Gasteiger partial charge is 1.00 e. The number of ether oxygens (including phenoxy) is 3. The molecule has 8 rings (SSSR count). The van der Waals surface area contributed by atoms with Crippen LogP contribution in [-0.2, 0) is 0 Å². The van der Waals surface area contributed by atoms with E-state index in [1.807, 2.05) is 121 Å². The number of para-hydroxylation sites is 6. The van der Waals surface area contributed by atoms with Gasteiger partial charge in [0.05, 0.1) is 0 Å². The van der Waals surface area contributed by atoms with Gasteiger partial charge in [-0.25, -0.2) is 0 Å². The third-order valence-corrected chi connectivity index (χ3v) is 10.4. The first kappa shape index (κ1) is 48.0. The second-order valence-electron chi connectivity index (χ2n) is 11.8. The van der Waals surface area contributed by atoms with E-state index in [0.717, 1.165) is 23.0 Å². The molecule has 7 aromatic rings. The van der Waals surface area contributed by atoms with Gasteiger partial charge in [0.2, 0.25) is 0 Å². The molecule has 0 saturated heterocycles. The van der Waals surface area contributed by atoms with E-state index in [0.29, 0.717) is 11.5 Å². The fourth-order valence-corrected chi connectivity index (χ4v) is 8.17. The number of fused-ring (bicyclic) bond motifs is 2. The monoisotopic (exact) mass is 706 g/mol. The molecule has 7 aromatic carbocycles. The Morgan fingerprint density at radius 3 is 1.19 bits per heavy atom. The van der Waals surface area contributed by atoms with Gasteiger partial charge in [0.15, 0.2) is 0 Å². The maximum Gasteiger partial charge on any atom is 1.00 e. The summed E-state index contributed by atoms with van der Waals surface area (Å²) in [5, 5.41) is 4.19. The van der Waals surface area contributed by atoms with E-state index in [-0.39, 0.29) is 64.0 Å². The van der Waals surface area contributed by atoms with E-state index in [1.54, 1.807) is 0 Å². The second-order valence-corrected chi connectivity index (χ2v) is 14.6. The van der Waals surface area contributed by atoms with Crippen molar-refractivity contribution in [1.82, 2.24) is 0 Å². The standard InChI is InChI=1S/C18H14OSi.C12H10O.C12H8O.C4H9.CH4.3Li/c1-2-8-14(9-3-1)20-17-12-6-4-10-15(17)19-16-11-5-7-13-18(16)20;2*1-3-7-11(8-4-1)13-12-9-5-2-6-10-12;1-4(2)3;;;;/h1-13,20H;1-10H;1-7,9H;1-3H3;1H4;;;/q;;-2;-1;;3*+1. The molecule has 54 heavy (non-hydrogen) atoms. The predicted molar refractivity (Wildman–Crippen MR) is 216 cm³/mol. The quantitative estimate of drug-likeness (QED) is 0.202. The number of hydrogen-bond acceptors (Lipinski definition) is 3. The van der Waals surface area contributed by atoms with Crippen LogP contribution in [0.5, 0.6) is 34.5 Å². The van der Waals surface area contributed by atoms with Gasteiger partial charge >= 0.3 is 56.6 Å². The van der Waals surface area contributed by atoms with Crippen molar-refractivity contribution in [3.05, 3.63) is 206 Å². The summed E-state index contributed by atoms with van der Waals surface area (Å²) in [5.41, 5.74) is 0. The van der Waals surface area contributed by atoms with Crippen LogP contribution >= 0.6 is 0 Å². The number of hydrogen-bond donors (Lipinski definition) is 0. The van der Waals surface area contributed by atoms with Crippen molar-refractivity contribution in [2.24, 2.45) is 0 Å². The zero-order valence-electron chi connectivity index (χ0n) is 31.7. The molecule has 1 aliphatic rings. The molecule has 1 heterocycles. The zero-order chi connectivity index (χ0) is 34.8. The minimum absolute atomic E-state index is 0. The molecule has 0 amide bonds.